The second-order valence-electron chi connectivity index (χ2n) is 3.09. The molecule has 1 atom stereocenters. The van der Waals surface area contributed by atoms with Gasteiger partial charge in [-0.15, -0.1) is 0 Å². The molecule has 0 spiro atoms. The molecule has 0 aromatic heterocycles. The molecular formula is C8H15NO2. The van der Waals surface area contributed by atoms with Crippen molar-refractivity contribution in [1.82, 2.24) is 4.90 Å². The Labute approximate surface area is 67.3 Å². The van der Waals surface area contributed by atoms with E-state index in [-0.39, 0.29) is 11.9 Å². The molecular weight excluding hydrogens is 142 g/mol. The lowest BCUT2D eigenvalue weighted by atomic mass is 10.2. The quantitative estimate of drug-likeness (QED) is 0.548. The molecule has 1 aliphatic rings. The summed E-state index contributed by atoms with van der Waals surface area (Å²) in [7, 11) is 2.02. The van der Waals surface area contributed by atoms with Gasteiger partial charge in [-0.2, -0.15) is 0 Å². The van der Waals surface area contributed by atoms with Crippen molar-refractivity contribution in [3.8, 4) is 0 Å². The third kappa shape index (κ3) is 2.60. The summed E-state index contributed by atoms with van der Waals surface area (Å²) in [6, 6.07) is 0. The van der Waals surface area contributed by atoms with Crippen LogP contribution in [0.25, 0.3) is 0 Å². The molecule has 0 N–H and O–H groups in total. The molecule has 0 aromatic carbocycles. The fourth-order valence-corrected chi connectivity index (χ4v) is 1.23. The first-order valence-corrected chi connectivity index (χ1v) is 4.01. The molecule has 1 aliphatic heterocycles. The fraction of sp³-hybridized carbons (Fsp3) is 0.875. The van der Waals surface area contributed by atoms with Crippen LogP contribution < -0.4 is 0 Å². The molecule has 1 rings (SSSR count). The maximum Gasteiger partial charge on any atom is 0.159 e. The zero-order valence-electron chi connectivity index (χ0n) is 7.17. The molecule has 3 heteroatoms. The highest BCUT2D eigenvalue weighted by Crippen LogP contribution is 2.04. The Balaban J connectivity index is 2.45. The molecule has 1 heterocycles. The number of carbonyl (C=O) groups is 1. The zero-order valence-corrected chi connectivity index (χ0v) is 7.17. The van der Waals surface area contributed by atoms with Gasteiger partial charge in [0.25, 0.3) is 0 Å². The molecule has 0 aliphatic carbocycles. The number of Topliss-reactive ketones (excluding diaryl/α,β-unsaturated/α-hetero) is 1. The van der Waals surface area contributed by atoms with Gasteiger partial charge in [-0.25, -0.2) is 0 Å². The van der Waals surface area contributed by atoms with Crippen LogP contribution in [0.2, 0.25) is 0 Å². The molecule has 1 saturated heterocycles. The molecule has 1 fully saturated rings. The number of ketones is 1. The summed E-state index contributed by atoms with van der Waals surface area (Å²) >= 11 is 0. The van der Waals surface area contributed by atoms with Gasteiger partial charge in [-0.3, -0.25) is 4.79 Å². The van der Waals surface area contributed by atoms with E-state index < -0.39 is 0 Å². The lowest BCUT2D eigenvalue weighted by molar-refractivity contribution is -0.128. The highest BCUT2D eigenvalue weighted by Gasteiger charge is 2.19. The monoisotopic (exact) mass is 157 g/mol. The molecule has 3 nitrogen and oxygen atoms in total. The van der Waals surface area contributed by atoms with E-state index in [2.05, 4.69) is 4.90 Å². The van der Waals surface area contributed by atoms with E-state index in [4.69, 9.17) is 4.74 Å². The summed E-state index contributed by atoms with van der Waals surface area (Å²) in [6.07, 6.45) is 0.836. The van der Waals surface area contributed by atoms with E-state index in [1.807, 2.05) is 7.05 Å². The summed E-state index contributed by atoms with van der Waals surface area (Å²) < 4.78 is 5.34. The van der Waals surface area contributed by atoms with Crippen LogP contribution in [0.15, 0.2) is 0 Å². The van der Waals surface area contributed by atoms with E-state index in [1.54, 1.807) is 6.92 Å². The van der Waals surface area contributed by atoms with Crippen molar-refractivity contribution in [1.29, 1.82) is 0 Å². The Morgan fingerprint density at radius 1 is 1.64 bits per heavy atom. The molecule has 0 saturated carbocycles. The van der Waals surface area contributed by atoms with Crippen LogP contribution in [-0.4, -0.2) is 43.5 Å². The third-order valence-electron chi connectivity index (χ3n) is 1.93. The Bertz CT molecular complexity index is 147. The number of carbonyl (C=O) groups excluding carboxylic acids is 1. The van der Waals surface area contributed by atoms with Crippen molar-refractivity contribution in [2.24, 2.45) is 0 Å². The van der Waals surface area contributed by atoms with Gasteiger partial charge in [0.2, 0.25) is 0 Å². The largest absolute Gasteiger partial charge is 0.369 e. The molecule has 0 amide bonds. The van der Waals surface area contributed by atoms with Gasteiger partial charge >= 0.3 is 0 Å². The molecule has 0 bridgehead atoms. The van der Waals surface area contributed by atoms with Gasteiger partial charge in [0.05, 0.1) is 0 Å². The first kappa shape index (κ1) is 8.68. The summed E-state index contributed by atoms with van der Waals surface area (Å²) in [5.41, 5.74) is 0. The van der Waals surface area contributed by atoms with Crippen LogP contribution in [0.1, 0.15) is 13.3 Å². The summed E-state index contributed by atoms with van der Waals surface area (Å²) in [5, 5.41) is 0. The van der Waals surface area contributed by atoms with Crippen LogP contribution >= 0.6 is 0 Å². The predicted octanol–water partition coefficient (Wildman–Crippen LogP) is 0.296. The number of rotatable bonds is 1. The Morgan fingerprint density at radius 3 is 3.00 bits per heavy atom. The fourth-order valence-electron chi connectivity index (χ4n) is 1.23. The Kier molecular flexibility index (Phi) is 3.02. The molecule has 0 aromatic rings. The average molecular weight is 157 g/mol. The van der Waals surface area contributed by atoms with Gasteiger partial charge in [0.1, 0.15) is 6.10 Å². The number of hydrogen-bond donors (Lipinski definition) is 0. The first-order valence-electron chi connectivity index (χ1n) is 4.01. The zero-order chi connectivity index (χ0) is 8.27. The first-order chi connectivity index (χ1) is 5.20. The predicted molar refractivity (Wildman–Crippen MR) is 42.5 cm³/mol. The van der Waals surface area contributed by atoms with Crippen LogP contribution in [0.3, 0.4) is 0 Å². The van der Waals surface area contributed by atoms with E-state index in [9.17, 15) is 4.79 Å². The van der Waals surface area contributed by atoms with Crippen molar-refractivity contribution in [3.05, 3.63) is 0 Å². The maximum absolute atomic E-state index is 10.9. The topological polar surface area (TPSA) is 29.5 Å². The van der Waals surface area contributed by atoms with Crippen molar-refractivity contribution in [2.45, 2.75) is 19.4 Å². The second-order valence-corrected chi connectivity index (χ2v) is 3.09. The van der Waals surface area contributed by atoms with E-state index in [1.165, 1.54) is 0 Å². The minimum absolute atomic E-state index is 0.138. The Hall–Kier alpha value is -0.410. The standard InChI is InChI=1S/C8H15NO2/c1-7(10)8-6-9(2)4-3-5-11-8/h8H,3-6H2,1-2H3/t8-/m0/s1. The molecule has 11 heavy (non-hydrogen) atoms. The minimum Gasteiger partial charge on any atom is -0.369 e. The van der Waals surface area contributed by atoms with Crippen molar-refractivity contribution >= 4 is 5.78 Å². The number of nitrogens with zero attached hydrogens (tertiary/aromatic N) is 1. The van der Waals surface area contributed by atoms with Crippen LogP contribution in [0.4, 0.5) is 0 Å². The summed E-state index contributed by atoms with van der Waals surface area (Å²) in [5.74, 6) is 0.138. The Morgan fingerprint density at radius 2 is 2.36 bits per heavy atom. The average Bonchev–Trinajstić information content (AvgIpc) is 2.13. The van der Waals surface area contributed by atoms with E-state index in [0.29, 0.717) is 6.61 Å². The van der Waals surface area contributed by atoms with Crippen molar-refractivity contribution < 1.29 is 9.53 Å². The molecule has 0 radical (unpaired) electrons. The smallest absolute Gasteiger partial charge is 0.159 e. The van der Waals surface area contributed by atoms with Crippen molar-refractivity contribution in [3.63, 3.8) is 0 Å². The van der Waals surface area contributed by atoms with E-state index in [0.717, 1.165) is 19.5 Å². The van der Waals surface area contributed by atoms with Crippen LogP contribution in [0.5, 0.6) is 0 Å². The molecule has 0 unspecified atom stereocenters. The number of likely N-dealkylation sites (N-methyl/N-ethyl adjacent to an activating group) is 1. The van der Waals surface area contributed by atoms with Gasteiger partial charge in [-0.05, 0) is 20.4 Å². The second kappa shape index (κ2) is 3.83. The van der Waals surface area contributed by atoms with Gasteiger partial charge in [0.15, 0.2) is 5.78 Å². The summed E-state index contributed by atoms with van der Waals surface area (Å²) in [6.45, 7) is 4.08. The number of ether oxygens (including phenoxy) is 1. The van der Waals surface area contributed by atoms with Gasteiger partial charge in [-0.1, -0.05) is 0 Å². The van der Waals surface area contributed by atoms with E-state index >= 15 is 0 Å². The SMILES string of the molecule is CC(=O)[C@@H]1CN(C)CCCO1. The minimum atomic E-state index is -0.192. The lowest BCUT2D eigenvalue weighted by Crippen LogP contribution is -2.33. The van der Waals surface area contributed by atoms with Gasteiger partial charge < -0.3 is 9.64 Å². The van der Waals surface area contributed by atoms with Gasteiger partial charge in [0, 0.05) is 19.7 Å². The van der Waals surface area contributed by atoms with Crippen LogP contribution in [-0.2, 0) is 9.53 Å². The normalized spacial score (nSPS) is 28.0. The highest BCUT2D eigenvalue weighted by molar-refractivity contribution is 5.80. The number of hydrogen-bond acceptors (Lipinski definition) is 3. The lowest BCUT2D eigenvalue weighted by Gasteiger charge is -2.16. The van der Waals surface area contributed by atoms with Crippen molar-refractivity contribution in [2.75, 3.05) is 26.7 Å². The van der Waals surface area contributed by atoms with Crippen LogP contribution in [0, 0.1) is 0 Å². The molecule has 64 valence electrons. The third-order valence-corrected chi connectivity index (χ3v) is 1.93. The maximum atomic E-state index is 10.9. The highest BCUT2D eigenvalue weighted by atomic mass is 16.5. The summed E-state index contributed by atoms with van der Waals surface area (Å²) in [4.78, 5) is 13.1.